The number of nitrogens with one attached hydrogen (secondary N) is 1. The van der Waals surface area contributed by atoms with Crippen LogP contribution in [-0.4, -0.2) is 22.5 Å². The van der Waals surface area contributed by atoms with Crippen molar-refractivity contribution >= 4 is 10.8 Å². The summed E-state index contributed by atoms with van der Waals surface area (Å²) in [6, 6.07) is 8.72. The van der Waals surface area contributed by atoms with Crippen molar-refractivity contribution in [2.45, 2.75) is 56.9 Å². The summed E-state index contributed by atoms with van der Waals surface area (Å²) in [6.45, 7) is 9.69. The van der Waals surface area contributed by atoms with Crippen LogP contribution in [-0.2, 0) is 16.2 Å². The highest BCUT2D eigenvalue weighted by atomic mass is 32.2. The molecule has 1 aromatic carbocycles. The molecule has 0 aliphatic heterocycles. The second kappa shape index (κ2) is 6.40. The lowest BCUT2D eigenvalue weighted by Crippen LogP contribution is -2.35. The van der Waals surface area contributed by atoms with Gasteiger partial charge in [-0.1, -0.05) is 39.8 Å². The van der Waals surface area contributed by atoms with Gasteiger partial charge in [-0.25, -0.2) is 0 Å². The number of benzene rings is 1. The Morgan fingerprint density at radius 2 is 1.85 bits per heavy atom. The topological polar surface area (TPSA) is 29.1 Å². The molecule has 0 bridgehead atoms. The van der Waals surface area contributed by atoms with Gasteiger partial charge < -0.3 is 5.32 Å². The van der Waals surface area contributed by atoms with Gasteiger partial charge in [0.25, 0.3) is 0 Å². The maximum atomic E-state index is 12.5. The second-order valence-corrected chi connectivity index (χ2v) is 8.28. The zero-order valence-corrected chi connectivity index (χ0v) is 13.9. The molecule has 1 aliphatic rings. The normalized spacial score (nSPS) is 18.8. The van der Waals surface area contributed by atoms with E-state index in [1.54, 1.807) is 0 Å². The maximum absolute atomic E-state index is 12.5. The monoisotopic (exact) mass is 293 g/mol. The molecule has 3 heteroatoms. The van der Waals surface area contributed by atoms with Crippen molar-refractivity contribution < 1.29 is 4.21 Å². The van der Waals surface area contributed by atoms with E-state index in [-0.39, 0.29) is 5.41 Å². The zero-order valence-electron chi connectivity index (χ0n) is 13.1. The number of rotatable bonds is 6. The van der Waals surface area contributed by atoms with Crippen LogP contribution in [0.5, 0.6) is 0 Å². The van der Waals surface area contributed by atoms with E-state index in [0.717, 1.165) is 23.1 Å². The Bertz CT molecular complexity index is 457. The predicted octanol–water partition coefficient (Wildman–Crippen LogP) is 3.48. The van der Waals surface area contributed by atoms with E-state index in [1.165, 1.54) is 18.4 Å². The highest BCUT2D eigenvalue weighted by Gasteiger charge is 2.31. The number of hydrogen-bond donors (Lipinski definition) is 1. The third-order valence-corrected chi connectivity index (χ3v) is 5.43. The lowest BCUT2D eigenvalue weighted by Gasteiger charge is -2.20. The van der Waals surface area contributed by atoms with E-state index in [9.17, 15) is 4.21 Å². The van der Waals surface area contributed by atoms with Crippen LogP contribution >= 0.6 is 0 Å². The molecule has 2 rings (SSSR count). The van der Waals surface area contributed by atoms with Crippen molar-refractivity contribution in [3.8, 4) is 0 Å². The first-order valence-electron chi connectivity index (χ1n) is 7.64. The van der Waals surface area contributed by atoms with Crippen molar-refractivity contribution in [3.63, 3.8) is 0 Å². The van der Waals surface area contributed by atoms with Gasteiger partial charge in [-0.05, 0) is 48.4 Å². The fraction of sp³-hybridized carbons (Fsp3) is 0.647. The first-order valence-corrected chi connectivity index (χ1v) is 8.96. The molecule has 2 atom stereocenters. The van der Waals surface area contributed by atoms with Gasteiger partial charge in [0.2, 0.25) is 0 Å². The third kappa shape index (κ3) is 4.16. The van der Waals surface area contributed by atoms with Crippen LogP contribution < -0.4 is 5.32 Å². The molecular formula is C17H27NOS. The average molecular weight is 293 g/mol. The molecule has 1 aromatic rings. The van der Waals surface area contributed by atoms with E-state index in [4.69, 9.17) is 0 Å². The van der Waals surface area contributed by atoms with Crippen LogP contribution in [0.25, 0.3) is 0 Å². The first kappa shape index (κ1) is 15.7. The molecule has 20 heavy (non-hydrogen) atoms. The quantitative estimate of drug-likeness (QED) is 0.870. The fourth-order valence-corrected chi connectivity index (χ4v) is 3.84. The van der Waals surface area contributed by atoms with Crippen LogP contribution in [0.2, 0.25) is 0 Å². The van der Waals surface area contributed by atoms with E-state index in [1.807, 2.05) is 12.1 Å². The van der Waals surface area contributed by atoms with E-state index < -0.39 is 10.8 Å². The summed E-state index contributed by atoms with van der Waals surface area (Å²) in [7, 11) is -0.893. The predicted molar refractivity (Wildman–Crippen MR) is 86.6 cm³/mol. The lowest BCUT2D eigenvalue weighted by atomic mass is 9.87. The fourth-order valence-electron chi connectivity index (χ4n) is 2.49. The molecule has 2 nitrogen and oxygen atoms in total. The van der Waals surface area contributed by atoms with E-state index in [0.29, 0.717) is 6.04 Å². The average Bonchev–Trinajstić information content (AvgIpc) is 3.21. The van der Waals surface area contributed by atoms with Crippen LogP contribution in [0.3, 0.4) is 0 Å². The van der Waals surface area contributed by atoms with Crippen LogP contribution in [0.15, 0.2) is 29.2 Å². The SMILES string of the molecule is CCNC(CS(=O)c1ccc(C(C)(C)C)cc1)C1CC1. The second-order valence-electron chi connectivity index (χ2n) is 6.79. The third-order valence-electron chi connectivity index (χ3n) is 3.97. The van der Waals surface area contributed by atoms with Crippen molar-refractivity contribution in [1.82, 2.24) is 5.32 Å². The molecule has 0 amide bonds. The van der Waals surface area contributed by atoms with Crippen LogP contribution in [0, 0.1) is 5.92 Å². The Hall–Kier alpha value is -0.670. The zero-order chi connectivity index (χ0) is 14.8. The summed E-state index contributed by atoms with van der Waals surface area (Å²) in [6.07, 6.45) is 2.58. The summed E-state index contributed by atoms with van der Waals surface area (Å²) >= 11 is 0. The molecule has 112 valence electrons. The highest BCUT2D eigenvalue weighted by molar-refractivity contribution is 7.85. The Labute approximate surface area is 125 Å². The lowest BCUT2D eigenvalue weighted by molar-refractivity contribution is 0.514. The largest absolute Gasteiger partial charge is 0.313 e. The smallest absolute Gasteiger partial charge is 0.0545 e. The molecule has 0 radical (unpaired) electrons. The van der Waals surface area contributed by atoms with E-state index in [2.05, 4.69) is 45.1 Å². The summed E-state index contributed by atoms with van der Waals surface area (Å²) in [5.74, 6) is 1.49. The van der Waals surface area contributed by atoms with Crippen LogP contribution in [0.4, 0.5) is 0 Å². The minimum atomic E-state index is -0.893. The maximum Gasteiger partial charge on any atom is 0.0545 e. The summed E-state index contributed by atoms with van der Waals surface area (Å²) in [5.41, 5.74) is 1.45. The molecule has 0 spiro atoms. The summed E-state index contributed by atoms with van der Waals surface area (Å²) in [4.78, 5) is 0.960. The Kier molecular flexibility index (Phi) is 5.03. The van der Waals surface area contributed by atoms with Gasteiger partial charge >= 0.3 is 0 Å². The van der Waals surface area contributed by atoms with Gasteiger partial charge in [-0.3, -0.25) is 4.21 Å². The van der Waals surface area contributed by atoms with E-state index >= 15 is 0 Å². The Morgan fingerprint density at radius 1 is 1.25 bits per heavy atom. The number of hydrogen-bond acceptors (Lipinski definition) is 2. The minimum Gasteiger partial charge on any atom is -0.313 e. The molecule has 1 N–H and O–H groups in total. The standard InChI is InChI=1S/C17H27NOS/c1-5-18-16(13-6-7-13)12-20(19)15-10-8-14(9-11-15)17(2,3)4/h8-11,13,16,18H,5-7,12H2,1-4H3. The van der Waals surface area contributed by atoms with Gasteiger partial charge in [-0.2, -0.15) is 0 Å². The minimum absolute atomic E-state index is 0.153. The summed E-state index contributed by atoms with van der Waals surface area (Å²) < 4.78 is 12.5. The van der Waals surface area contributed by atoms with Gasteiger partial charge in [0.1, 0.15) is 0 Å². The highest BCUT2D eigenvalue weighted by Crippen LogP contribution is 2.33. The Balaban J connectivity index is 2.01. The first-order chi connectivity index (χ1) is 9.41. The van der Waals surface area contributed by atoms with Crippen molar-refractivity contribution in [3.05, 3.63) is 29.8 Å². The van der Waals surface area contributed by atoms with Crippen molar-refractivity contribution in [1.29, 1.82) is 0 Å². The molecule has 0 heterocycles. The van der Waals surface area contributed by atoms with Gasteiger partial charge in [0.15, 0.2) is 0 Å². The molecule has 1 aliphatic carbocycles. The summed E-state index contributed by atoms with van der Waals surface area (Å²) in [5, 5.41) is 3.49. The molecular weight excluding hydrogens is 266 g/mol. The molecule has 0 saturated heterocycles. The molecule has 1 saturated carbocycles. The van der Waals surface area contributed by atoms with Crippen molar-refractivity contribution in [2.75, 3.05) is 12.3 Å². The molecule has 2 unspecified atom stereocenters. The Morgan fingerprint density at radius 3 is 2.30 bits per heavy atom. The molecule has 1 fully saturated rings. The van der Waals surface area contributed by atoms with Gasteiger partial charge in [-0.15, -0.1) is 0 Å². The van der Waals surface area contributed by atoms with Gasteiger partial charge in [0.05, 0.1) is 10.8 Å². The van der Waals surface area contributed by atoms with Crippen molar-refractivity contribution in [2.24, 2.45) is 5.92 Å². The van der Waals surface area contributed by atoms with Crippen LogP contribution in [0.1, 0.15) is 46.1 Å². The molecule has 0 aromatic heterocycles. The van der Waals surface area contributed by atoms with Gasteiger partial charge in [0, 0.05) is 16.7 Å².